The van der Waals surface area contributed by atoms with Crippen LogP contribution in [0.1, 0.15) is 54.0 Å². The lowest BCUT2D eigenvalue weighted by molar-refractivity contribution is 0.102. The number of sulfonamides is 1. The Hall–Kier alpha value is -3.93. The van der Waals surface area contributed by atoms with E-state index in [1.807, 2.05) is 45.4 Å². The van der Waals surface area contributed by atoms with Crippen molar-refractivity contribution in [1.82, 2.24) is 9.55 Å². The van der Waals surface area contributed by atoms with Crippen molar-refractivity contribution in [3.63, 3.8) is 0 Å². The van der Waals surface area contributed by atoms with Gasteiger partial charge in [-0.05, 0) is 47.7 Å². The summed E-state index contributed by atoms with van der Waals surface area (Å²) in [6.45, 7) is 8.47. The summed E-state index contributed by atoms with van der Waals surface area (Å²) >= 11 is 0. The molecule has 202 valence electrons. The summed E-state index contributed by atoms with van der Waals surface area (Å²) in [6, 6.07) is 8.71. The summed E-state index contributed by atoms with van der Waals surface area (Å²) in [5.41, 5.74) is 4.18. The van der Waals surface area contributed by atoms with E-state index in [0.717, 1.165) is 28.8 Å². The van der Waals surface area contributed by atoms with E-state index in [4.69, 9.17) is 4.74 Å². The topological polar surface area (TPSA) is 130 Å². The first-order valence-corrected chi connectivity index (χ1v) is 13.9. The van der Waals surface area contributed by atoms with E-state index in [1.165, 1.54) is 7.11 Å². The minimum Gasteiger partial charge on any atom is -0.492 e. The van der Waals surface area contributed by atoms with Crippen LogP contribution in [0.5, 0.6) is 5.75 Å². The van der Waals surface area contributed by atoms with E-state index in [0.29, 0.717) is 17.8 Å². The second-order valence-electron chi connectivity index (χ2n) is 10.4. The predicted octanol–water partition coefficient (Wildman–Crippen LogP) is 4.59. The molecule has 0 spiro atoms. The van der Waals surface area contributed by atoms with Crippen LogP contribution < -0.4 is 19.8 Å². The van der Waals surface area contributed by atoms with E-state index in [1.54, 1.807) is 41.8 Å². The Balaban J connectivity index is 1.64. The molecule has 1 aromatic heterocycles. The standard InChI is InChI=1S/C26H33N7O4S/c1-16-8-9-17(10-22(16)33-14-21(29-31-33)23-13-27-15-32(23)5)25(34)28-19-11-18(26(2,3)4)12-20(24(19)37-6)30-38(7,35)36/h8-13,15,21,30H,14H2,1-7H3,(H,28,34). The highest BCUT2D eigenvalue weighted by Gasteiger charge is 2.27. The third-order valence-electron chi connectivity index (χ3n) is 6.29. The summed E-state index contributed by atoms with van der Waals surface area (Å²) in [6.07, 6.45) is 4.57. The molecule has 0 saturated heterocycles. The SMILES string of the molecule is COc1c(NC(=O)c2ccc(C)c(N3CC(c4cncn4C)N=N3)c2)cc(C(C)(C)C)cc1NS(C)(=O)=O. The van der Waals surface area contributed by atoms with Gasteiger partial charge < -0.3 is 14.6 Å². The third-order valence-corrected chi connectivity index (χ3v) is 6.88. The molecule has 0 bridgehead atoms. The van der Waals surface area contributed by atoms with Crippen LogP contribution in [0.4, 0.5) is 17.1 Å². The van der Waals surface area contributed by atoms with Crippen molar-refractivity contribution in [1.29, 1.82) is 0 Å². The number of aromatic nitrogens is 2. The van der Waals surface area contributed by atoms with Gasteiger partial charge in [0.2, 0.25) is 10.0 Å². The molecule has 3 aromatic rings. The molecule has 0 fully saturated rings. The summed E-state index contributed by atoms with van der Waals surface area (Å²) in [4.78, 5) is 17.6. The normalized spacial score (nSPS) is 15.6. The maximum Gasteiger partial charge on any atom is 0.255 e. The molecule has 2 N–H and O–H groups in total. The van der Waals surface area contributed by atoms with Gasteiger partial charge in [-0.15, -0.1) is 0 Å². The second-order valence-corrected chi connectivity index (χ2v) is 12.2. The Morgan fingerprint density at radius 1 is 1.16 bits per heavy atom. The molecule has 0 radical (unpaired) electrons. The van der Waals surface area contributed by atoms with Crippen LogP contribution in [0.3, 0.4) is 0 Å². The number of aryl methyl sites for hydroxylation is 2. The van der Waals surface area contributed by atoms with Gasteiger partial charge in [0.25, 0.3) is 5.91 Å². The van der Waals surface area contributed by atoms with E-state index < -0.39 is 10.0 Å². The summed E-state index contributed by atoms with van der Waals surface area (Å²) in [5.74, 6) is -0.156. The number of methoxy groups -OCH3 is 1. The fourth-order valence-electron chi connectivity index (χ4n) is 4.22. The summed E-state index contributed by atoms with van der Waals surface area (Å²) < 4.78 is 34.0. The number of nitrogens with zero attached hydrogens (tertiary/aromatic N) is 5. The van der Waals surface area contributed by atoms with Crippen LogP contribution >= 0.6 is 0 Å². The van der Waals surface area contributed by atoms with Gasteiger partial charge in [-0.3, -0.25) is 9.52 Å². The van der Waals surface area contributed by atoms with Gasteiger partial charge in [0, 0.05) is 12.6 Å². The number of rotatable bonds is 7. The number of amides is 1. The first kappa shape index (κ1) is 27.1. The van der Waals surface area contributed by atoms with Gasteiger partial charge in [-0.1, -0.05) is 32.1 Å². The molecule has 0 saturated carbocycles. The van der Waals surface area contributed by atoms with Crippen LogP contribution in [0.25, 0.3) is 0 Å². The molecule has 0 aliphatic carbocycles. The van der Waals surface area contributed by atoms with Crippen molar-refractivity contribution in [3.8, 4) is 5.75 Å². The lowest BCUT2D eigenvalue weighted by Gasteiger charge is -2.24. The quantitative estimate of drug-likeness (QED) is 0.452. The van der Waals surface area contributed by atoms with E-state index in [-0.39, 0.29) is 28.8 Å². The number of nitrogens with one attached hydrogen (secondary N) is 2. The van der Waals surface area contributed by atoms with Crippen molar-refractivity contribution in [2.45, 2.75) is 39.2 Å². The number of hydrogen-bond donors (Lipinski definition) is 2. The van der Waals surface area contributed by atoms with Gasteiger partial charge in [0.05, 0.1) is 55.2 Å². The van der Waals surface area contributed by atoms with Gasteiger partial charge in [-0.2, -0.15) is 5.11 Å². The Morgan fingerprint density at radius 3 is 2.47 bits per heavy atom. The average molecular weight is 540 g/mol. The summed E-state index contributed by atoms with van der Waals surface area (Å²) in [5, 5.41) is 13.4. The zero-order chi connectivity index (χ0) is 27.8. The predicted molar refractivity (Wildman–Crippen MR) is 147 cm³/mol. The molecule has 1 amide bonds. The molecule has 1 aliphatic heterocycles. The van der Waals surface area contributed by atoms with Crippen molar-refractivity contribution in [2.75, 3.05) is 35.0 Å². The molecule has 1 aliphatic rings. The first-order chi connectivity index (χ1) is 17.8. The number of hydrogen-bond acceptors (Lipinski definition) is 8. The molecule has 2 heterocycles. The number of carbonyl (C=O) groups excluding carboxylic acids is 1. The number of benzene rings is 2. The minimum atomic E-state index is -3.59. The van der Waals surface area contributed by atoms with E-state index >= 15 is 0 Å². The lowest BCUT2D eigenvalue weighted by Crippen LogP contribution is -2.20. The van der Waals surface area contributed by atoms with Crippen molar-refractivity contribution < 1.29 is 17.9 Å². The number of anilines is 3. The molecular formula is C26H33N7O4S. The molecular weight excluding hydrogens is 506 g/mol. The fraction of sp³-hybridized carbons (Fsp3) is 0.385. The van der Waals surface area contributed by atoms with Crippen molar-refractivity contribution in [3.05, 3.63) is 65.2 Å². The maximum atomic E-state index is 13.4. The van der Waals surface area contributed by atoms with Crippen LogP contribution in [-0.4, -0.2) is 43.8 Å². The number of ether oxygens (including phenoxy) is 1. The minimum absolute atomic E-state index is 0.162. The lowest BCUT2D eigenvalue weighted by atomic mass is 9.86. The fourth-order valence-corrected chi connectivity index (χ4v) is 4.77. The number of carbonyl (C=O) groups is 1. The monoisotopic (exact) mass is 539 g/mol. The smallest absolute Gasteiger partial charge is 0.255 e. The van der Waals surface area contributed by atoms with Crippen molar-refractivity contribution in [2.24, 2.45) is 17.4 Å². The molecule has 11 nitrogen and oxygen atoms in total. The van der Waals surface area contributed by atoms with Gasteiger partial charge in [0.15, 0.2) is 5.75 Å². The van der Waals surface area contributed by atoms with Crippen LogP contribution in [0, 0.1) is 6.92 Å². The highest BCUT2D eigenvalue weighted by Crippen LogP contribution is 2.39. The van der Waals surface area contributed by atoms with Gasteiger partial charge >= 0.3 is 0 Å². The largest absolute Gasteiger partial charge is 0.492 e. The molecule has 2 aromatic carbocycles. The molecule has 12 heteroatoms. The average Bonchev–Trinajstić information content (AvgIpc) is 3.46. The van der Waals surface area contributed by atoms with Crippen LogP contribution in [0.15, 0.2) is 53.2 Å². The highest BCUT2D eigenvalue weighted by atomic mass is 32.2. The van der Waals surface area contributed by atoms with E-state index in [2.05, 4.69) is 25.4 Å². The van der Waals surface area contributed by atoms with Gasteiger partial charge in [0.1, 0.15) is 6.04 Å². The number of imidazole rings is 1. The molecule has 1 atom stereocenters. The molecule has 1 unspecified atom stereocenters. The summed E-state index contributed by atoms with van der Waals surface area (Å²) in [7, 11) is -0.246. The molecule has 38 heavy (non-hydrogen) atoms. The Morgan fingerprint density at radius 2 is 1.87 bits per heavy atom. The Bertz CT molecular complexity index is 1510. The third kappa shape index (κ3) is 5.80. The first-order valence-electron chi connectivity index (χ1n) is 12.0. The van der Waals surface area contributed by atoms with Crippen molar-refractivity contribution >= 4 is 33.0 Å². The van der Waals surface area contributed by atoms with E-state index in [9.17, 15) is 13.2 Å². The maximum absolute atomic E-state index is 13.4. The Labute approximate surface area is 223 Å². The van der Waals surface area contributed by atoms with Crippen LogP contribution in [-0.2, 0) is 22.5 Å². The van der Waals surface area contributed by atoms with Crippen LogP contribution in [0.2, 0.25) is 0 Å². The molecule has 4 rings (SSSR count). The zero-order valence-electron chi connectivity index (χ0n) is 22.6. The zero-order valence-corrected chi connectivity index (χ0v) is 23.4. The second kappa shape index (κ2) is 10.1. The Kier molecular flexibility index (Phi) is 7.20. The highest BCUT2D eigenvalue weighted by molar-refractivity contribution is 7.92. The van der Waals surface area contributed by atoms with Gasteiger partial charge in [-0.25, -0.2) is 18.4 Å².